The summed E-state index contributed by atoms with van der Waals surface area (Å²) in [4.78, 5) is 0. The molecular formula is C28H28ClP. The molecule has 0 saturated heterocycles. The molecule has 0 aliphatic rings. The molecule has 0 aliphatic heterocycles. The van der Waals surface area contributed by atoms with E-state index in [-0.39, 0.29) is 12.4 Å². The van der Waals surface area contributed by atoms with Crippen LogP contribution in [0.15, 0.2) is 103 Å². The normalized spacial score (nSPS) is 11.0. The monoisotopic (exact) mass is 430 g/mol. The highest BCUT2D eigenvalue weighted by Gasteiger charge is 2.45. The average Bonchev–Trinajstić information content (AvgIpc) is 2.75. The quantitative estimate of drug-likeness (QED) is 0.427. The molecule has 0 spiro atoms. The molecule has 30 heavy (non-hydrogen) atoms. The van der Waals surface area contributed by atoms with Gasteiger partial charge in [0.2, 0.25) is 0 Å². The van der Waals surface area contributed by atoms with Crippen LogP contribution in [0.25, 0.3) is 0 Å². The third-order valence-electron chi connectivity index (χ3n) is 5.83. The minimum Gasteiger partial charge on any atom is -1.00 e. The molecule has 0 heterocycles. The van der Waals surface area contributed by atoms with Gasteiger partial charge in [0.25, 0.3) is 0 Å². The molecule has 4 aromatic rings. The van der Waals surface area contributed by atoms with Gasteiger partial charge in [-0.2, -0.15) is 0 Å². The summed E-state index contributed by atoms with van der Waals surface area (Å²) in [6.07, 6.45) is 1.04. The fraction of sp³-hybridized carbons (Fsp3) is 0.143. The average molecular weight is 431 g/mol. The highest BCUT2D eigenvalue weighted by molar-refractivity contribution is 7.95. The topological polar surface area (TPSA) is 0 Å². The summed E-state index contributed by atoms with van der Waals surface area (Å²) in [6.45, 7) is 6.73. The summed E-state index contributed by atoms with van der Waals surface area (Å²) in [5.41, 5.74) is 5.62. The van der Waals surface area contributed by atoms with Crippen LogP contribution in [0.3, 0.4) is 0 Å². The van der Waals surface area contributed by atoms with Gasteiger partial charge in [-0.25, -0.2) is 0 Å². The number of rotatable bonds is 5. The standard InChI is InChI=1S/C28H28P.ClH/c1-22-19-23(2)28(24(3)20-22)21-29(25-13-7-4-8-14-25,26-15-9-5-10-16-26)27-17-11-6-12-18-27;/h4-20H,21H2,1-3H3;1H/q+1;/p-1. The van der Waals surface area contributed by atoms with Crippen molar-refractivity contribution in [2.45, 2.75) is 26.9 Å². The first kappa shape index (κ1) is 22.3. The van der Waals surface area contributed by atoms with E-state index in [1.54, 1.807) is 0 Å². The molecule has 0 aromatic heterocycles. The smallest absolute Gasteiger partial charge is 0.116 e. The maximum atomic E-state index is 2.33. The Hall–Kier alpha value is -2.40. The van der Waals surface area contributed by atoms with Crippen LogP contribution in [-0.2, 0) is 6.16 Å². The van der Waals surface area contributed by atoms with E-state index < -0.39 is 7.26 Å². The maximum absolute atomic E-state index is 2.33. The van der Waals surface area contributed by atoms with Gasteiger partial charge in [-0.1, -0.05) is 72.3 Å². The van der Waals surface area contributed by atoms with E-state index in [1.807, 2.05) is 0 Å². The van der Waals surface area contributed by atoms with Crippen LogP contribution in [0.4, 0.5) is 0 Å². The highest BCUT2D eigenvalue weighted by Crippen LogP contribution is 2.58. The zero-order valence-corrected chi connectivity index (χ0v) is 19.5. The summed E-state index contributed by atoms with van der Waals surface area (Å²) in [5, 5.41) is 4.32. The number of halogens is 1. The highest BCUT2D eigenvalue weighted by atomic mass is 35.5. The van der Waals surface area contributed by atoms with Crippen LogP contribution in [-0.4, -0.2) is 0 Å². The van der Waals surface area contributed by atoms with E-state index in [9.17, 15) is 0 Å². The predicted molar refractivity (Wildman–Crippen MR) is 130 cm³/mol. The van der Waals surface area contributed by atoms with E-state index in [2.05, 4.69) is 124 Å². The summed E-state index contributed by atoms with van der Waals surface area (Å²) in [6, 6.07) is 38.1. The maximum Gasteiger partial charge on any atom is 0.116 e. The largest absolute Gasteiger partial charge is 1.00 e. The first-order valence-electron chi connectivity index (χ1n) is 10.2. The van der Waals surface area contributed by atoms with Crippen molar-refractivity contribution in [3.63, 3.8) is 0 Å². The SMILES string of the molecule is Cc1cc(C)c(C[P+](c2ccccc2)(c2ccccc2)c2ccccc2)c(C)c1.[Cl-]. The van der Waals surface area contributed by atoms with Gasteiger partial charge < -0.3 is 12.4 Å². The molecule has 0 saturated carbocycles. The molecule has 4 rings (SSSR count). The molecule has 152 valence electrons. The molecule has 0 amide bonds. The van der Waals surface area contributed by atoms with Gasteiger partial charge in [0.1, 0.15) is 23.2 Å². The second-order valence-corrected chi connectivity index (χ2v) is 11.3. The molecule has 0 bridgehead atoms. The number of hydrogen-bond acceptors (Lipinski definition) is 0. The summed E-state index contributed by atoms with van der Waals surface area (Å²) in [5.74, 6) is 0. The van der Waals surface area contributed by atoms with Crippen molar-refractivity contribution in [2.24, 2.45) is 0 Å². The Balaban J connectivity index is 0.00000256. The Bertz CT molecular complexity index is 970. The number of aryl methyl sites for hydroxylation is 3. The van der Waals surface area contributed by atoms with Crippen molar-refractivity contribution < 1.29 is 12.4 Å². The lowest BCUT2D eigenvalue weighted by Crippen LogP contribution is -3.00. The Morgan fingerprint density at radius 1 is 0.533 bits per heavy atom. The summed E-state index contributed by atoms with van der Waals surface area (Å²) < 4.78 is 0. The minimum atomic E-state index is -1.84. The predicted octanol–water partition coefficient (Wildman–Crippen LogP) is 3.11. The summed E-state index contributed by atoms with van der Waals surface area (Å²) >= 11 is 0. The Morgan fingerprint density at radius 3 is 1.20 bits per heavy atom. The van der Waals surface area contributed by atoms with E-state index in [0.29, 0.717) is 0 Å². The molecule has 0 aliphatic carbocycles. The van der Waals surface area contributed by atoms with Crippen LogP contribution in [0.2, 0.25) is 0 Å². The van der Waals surface area contributed by atoms with Crippen molar-refractivity contribution in [3.05, 3.63) is 125 Å². The minimum absolute atomic E-state index is 0. The van der Waals surface area contributed by atoms with Crippen LogP contribution in [0.1, 0.15) is 22.3 Å². The molecule has 0 radical (unpaired) electrons. The molecule has 0 N–H and O–H groups in total. The third kappa shape index (κ3) is 4.22. The van der Waals surface area contributed by atoms with Crippen molar-refractivity contribution in [1.29, 1.82) is 0 Å². The zero-order chi connectivity index (χ0) is 20.3. The summed E-state index contributed by atoms with van der Waals surface area (Å²) in [7, 11) is -1.84. The van der Waals surface area contributed by atoms with Crippen LogP contribution >= 0.6 is 7.26 Å². The second-order valence-electron chi connectivity index (χ2n) is 7.85. The van der Waals surface area contributed by atoms with Gasteiger partial charge in [-0.05, 0) is 73.9 Å². The van der Waals surface area contributed by atoms with E-state index >= 15 is 0 Å². The molecule has 2 heteroatoms. The first-order chi connectivity index (χ1) is 14.1. The van der Waals surface area contributed by atoms with E-state index in [0.717, 1.165) is 6.16 Å². The molecule has 0 unspecified atom stereocenters. The van der Waals surface area contributed by atoms with Crippen LogP contribution in [0, 0.1) is 20.8 Å². The van der Waals surface area contributed by atoms with Gasteiger partial charge in [0.15, 0.2) is 0 Å². The van der Waals surface area contributed by atoms with Crippen molar-refractivity contribution in [3.8, 4) is 0 Å². The van der Waals surface area contributed by atoms with E-state index in [1.165, 1.54) is 38.2 Å². The van der Waals surface area contributed by atoms with Crippen molar-refractivity contribution in [1.82, 2.24) is 0 Å². The van der Waals surface area contributed by atoms with E-state index in [4.69, 9.17) is 0 Å². The third-order valence-corrected chi connectivity index (χ3v) is 10.2. The van der Waals surface area contributed by atoms with Gasteiger partial charge >= 0.3 is 0 Å². The lowest BCUT2D eigenvalue weighted by atomic mass is 10.0. The van der Waals surface area contributed by atoms with Gasteiger partial charge in [0, 0.05) is 0 Å². The Morgan fingerprint density at radius 2 is 0.867 bits per heavy atom. The second kappa shape index (κ2) is 9.61. The van der Waals surface area contributed by atoms with Gasteiger partial charge in [-0.3, -0.25) is 0 Å². The van der Waals surface area contributed by atoms with Gasteiger partial charge in [-0.15, -0.1) is 0 Å². The molecule has 0 atom stereocenters. The lowest BCUT2D eigenvalue weighted by Gasteiger charge is -2.29. The van der Waals surface area contributed by atoms with Crippen molar-refractivity contribution in [2.75, 3.05) is 0 Å². The van der Waals surface area contributed by atoms with Gasteiger partial charge in [0.05, 0.1) is 6.16 Å². The first-order valence-corrected chi connectivity index (χ1v) is 12.2. The zero-order valence-electron chi connectivity index (χ0n) is 17.8. The molecule has 4 aromatic carbocycles. The lowest BCUT2D eigenvalue weighted by molar-refractivity contribution is -0.00000589. The number of benzene rings is 4. The fourth-order valence-electron chi connectivity index (χ4n) is 4.46. The van der Waals surface area contributed by atoms with Crippen LogP contribution < -0.4 is 28.3 Å². The van der Waals surface area contributed by atoms with Crippen molar-refractivity contribution >= 4 is 23.2 Å². The fourth-order valence-corrected chi connectivity index (χ4v) is 8.92. The molecule has 0 fully saturated rings. The molecule has 0 nitrogen and oxygen atoms in total. The van der Waals surface area contributed by atoms with Crippen LogP contribution in [0.5, 0.6) is 0 Å². The molecular weight excluding hydrogens is 403 g/mol. The Kier molecular flexibility index (Phi) is 7.14. The Labute approximate surface area is 187 Å². The number of hydrogen-bond donors (Lipinski definition) is 0.